The monoisotopic (exact) mass is 305 g/mol. The number of hydrogen-bond donors (Lipinski definition) is 1. The van der Waals surface area contributed by atoms with Crippen LogP contribution in [0, 0.1) is 0 Å². The lowest BCUT2D eigenvalue weighted by Gasteiger charge is -2.23. The SMILES string of the molecule is CN(C)c1nc(N)nc(OC(C(F)(F)F)C(F)(F)F)n1. The molecule has 0 atom stereocenters. The highest BCUT2D eigenvalue weighted by Gasteiger charge is 2.59. The molecule has 1 aromatic rings. The summed E-state index contributed by atoms with van der Waals surface area (Å²) in [6, 6.07) is -1.17. The van der Waals surface area contributed by atoms with Gasteiger partial charge in [-0.1, -0.05) is 0 Å². The van der Waals surface area contributed by atoms with Crippen LogP contribution < -0.4 is 15.4 Å². The Balaban J connectivity index is 3.12. The molecule has 0 unspecified atom stereocenters. The molecule has 0 saturated carbocycles. The van der Waals surface area contributed by atoms with Gasteiger partial charge in [0, 0.05) is 14.1 Å². The van der Waals surface area contributed by atoms with Crippen LogP contribution in [0.5, 0.6) is 6.01 Å². The van der Waals surface area contributed by atoms with Crippen LogP contribution in [0.4, 0.5) is 38.2 Å². The van der Waals surface area contributed by atoms with Crippen LogP contribution in [-0.4, -0.2) is 47.5 Å². The number of alkyl halides is 6. The molecule has 20 heavy (non-hydrogen) atoms. The Bertz CT molecular complexity index is 459. The van der Waals surface area contributed by atoms with Crippen molar-refractivity contribution < 1.29 is 31.1 Å². The van der Waals surface area contributed by atoms with Crippen molar-refractivity contribution in [3.8, 4) is 6.01 Å². The fourth-order valence-electron chi connectivity index (χ4n) is 1.04. The van der Waals surface area contributed by atoms with Crippen molar-refractivity contribution in [2.75, 3.05) is 24.7 Å². The van der Waals surface area contributed by atoms with Gasteiger partial charge in [-0.15, -0.1) is 0 Å². The van der Waals surface area contributed by atoms with Crippen LogP contribution in [0.25, 0.3) is 0 Å². The maximum atomic E-state index is 12.3. The second-order valence-corrected chi connectivity index (χ2v) is 3.75. The Hall–Kier alpha value is -2.01. The van der Waals surface area contributed by atoms with E-state index in [4.69, 9.17) is 5.73 Å². The van der Waals surface area contributed by atoms with Crippen molar-refractivity contribution >= 4 is 11.9 Å². The van der Waals surface area contributed by atoms with E-state index in [-0.39, 0.29) is 5.95 Å². The van der Waals surface area contributed by atoms with Crippen LogP contribution in [0.3, 0.4) is 0 Å². The fourth-order valence-corrected chi connectivity index (χ4v) is 1.04. The van der Waals surface area contributed by atoms with Crippen molar-refractivity contribution in [1.29, 1.82) is 0 Å². The number of hydrogen-bond acceptors (Lipinski definition) is 6. The highest BCUT2D eigenvalue weighted by molar-refractivity contribution is 5.33. The van der Waals surface area contributed by atoms with Gasteiger partial charge in [0.1, 0.15) is 0 Å². The van der Waals surface area contributed by atoms with E-state index in [1.165, 1.54) is 19.0 Å². The van der Waals surface area contributed by atoms with Gasteiger partial charge < -0.3 is 15.4 Å². The smallest absolute Gasteiger partial charge is 0.434 e. The van der Waals surface area contributed by atoms with Crippen molar-refractivity contribution in [2.45, 2.75) is 18.5 Å². The van der Waals surface area contributed by atoms with E-state index in [0.29, 0.717) is 0 Å². The second kappa shape index (κ2) is 5.17. The van der Waals surface area contributed by atoms with E-state index >= 15 is 0 Å². The molecule has 0 radical (unpaired) electrons. The van der Waals surface area contributed by atoms with Crippen molar-refractivity contribution in [2.24, 2.45) is 0 Å². The number of nitrogens with two attached hydrogens (primary N) is 1. The molecule has 0 spiro atoms. The zero-order valence-corrected chi connectivity index (χ0v) is 10.1. The Morgan fingerprint density at radius 2 is 1.50 bits per heavy atom. The third kappa shape index (κ3) is 3.99. The normalized spacial score (nSPS) is 12.7. The van der Waals surface area contributed by atoms with Crippen LogP contribution in [0.15, 0.2) is 0 Å². The minimum Gasteiger partial charge on any atom is -0.440 e. The van der Waals surface area contributed by atoms with E-state index in [0.717, 1.165) is 0 Å². The zero-order valence-electron chi connectivity index (χ0n) is 10.1. The summed E-state index contributed by atoms with van der Waals surface area (Å²) in [5.74, 6) is -0.808. The summed E-state index contributed by atoms with van der Waals surface area (Å²) < 4.78 is 77.6. The maximum absolute atomic E-state index is 12.3. The molecule has 1 heterocycles. The third-order valence-electron chi connectivity index (χ3n) is 1.84. The predicted molar refractivity (Wildman–Crippen MR) is 55.1 cm³/mol. The predicted octanol–water partition coefficient (Wildman–Crippen LogP) is 1.39. The van der Waals surface area contributed by atoms with Crippen LogP contribution in [-0.2, 0) is 0 Å². The average Bonchev–Trinajstić information content (AvgIpc) is 2.22. The van der Waals surface area contributed by atoms with Gasteiger partial charge in [0.2, 0.25) is 11.9 Å². The van der Waals surface area contributed by atoms with Crippen LogP contribution in [0.1, 0.15) is 0 Å². The first-order chi connectivity index (χ1) is 8.91. The summed E-state index contributed by atoms with van der Waals surface area (Å²) in [6.07, 6.45) is -15.4. The lowest BCUT2D eigenvalue weighted by molar-refractivity contribution is -0.301. The molecule has 0 bridgehead atoms. The first kappa shape index (κ1) is 16.0. The first-order valence-corrected chi connectivity index (χ1v) is 4.90. The Kier molecular flexibility index (Phi) is 4.15. The molecule has 0 fully saturated rings. The largest absolute Gasteiger partial charge is 0.440 e. The number of ether oxygens (including phenoxy) is 1. The van der Waals surface area contributed by atoms with Crippen molar-refractivity contribution in [1.82, 2.24) is 15.0 Å². The molecule has 114 valence electrons. The minimum atomic E-state index is -5.67. The zero-order chi connectivity index (χ0) is 15.7. The lowest BCUT2D eigenvalue weighted by atomic mass is 10.3. The number of anilines is 2. The molecule has 0 aromatic carbocycles. The molecule has 12 heteroatoms. The molecule has 0 aliphatic rings. The van der Waals surface area contributed by atoms with E-state index in [9.17, 15) is 26.3 Å². The molecule has 2 N–H and O–H groups in total. The van der Waals surface area contributed by atoms with Gasteiger partial charge in [0.05, 0.1) is 0 Å². The van der Waals surface area contributed by atoms with E-state index < -0.39 is 30.4 Å². The molecule has 0 aliphatic heterocycles. The van der Waals surface area contributed by atoms with Gasteiger partial charge in [-0.3, -0.25) is 0 Å². The van der Waals surface area contributed by atoms with Crippen LogP contribution in [0.2, 0.25) is 0 Å². The maximum Gasteiger partial charge on any atom is 0.434 e. The van der Waals surface area contributed by atoms with Gasteiger partial charge in [0.25, 0.3) is 6.10 Å². The highest BCUT2D eigenvalue weighted by atomic mass is 19.4. The summed E-state index contributed by atoms with van der Waals surface area (Å²) in [4.78, 5) is 11.1. The Morgan fingerprint density at radius 3 is 1.90 bits per heavy atom. The number of aromatic nitrogens is 3. The minimum absolute atomic E-state index is 0.240. The summed E-state index contributed by atoms with van der Waals surface area (Å²) in [7, 11) is 2.81. The van der Waals surface area contributed by atoms with Gasteiger partial charge in [-0.25, -0.2) is 0 Å². The average molecular weight is 305 g/mol. The molecular weight excluding hydrogens is 296 g/mol. The topological polar surface area (TPSA) is 77.2 Å². The number of halogens is 6. The molecule has 1 aromatic heterocycles. The number of nitrogen functional groups attached to an aromatic ring is 1. The molecule has 0 aliphatic carbocycles. The third-order valence-corrected chi connectivity index (χ3v) is 1.84. The summed E-state index contributed by atoms with van der Waals surface area (Å²) >= 11 is 0. The van der Waals surface area contributed by atoms with Gasteiger partial charge in [-0.2, -0.15) is 41.3 Å². The molecule has 0 amide bonds. The lowest BCUT2D eigenvalue weighted by Crippen LogP contribution is -2.47. The van der Waals surface area contributed by atoms with E-state index in [1.54, 1.807) is 0 Å². The standard InChI is InChI=1S/C8H9F6N5O/c1-19(2)5-16-4(15)17-6(18-5)20-3(7(9,10)11)8(12,13)14/h3H,1-2H3,(H2,15,16,17,18). The van der Waals surface area contributed by atoms with E-state index in [1.807, 2.05) is 0 Å². The highest BCUT2D eigenvalue weighted by Crippen LogP contribution is 2.35. The summed E-state index contributed by atoms with van der Waals surface area (Å²) in [6.45, 7) is 0. The van der Waals surface area contributed by atoms with E-state index in [2.05, 4.69) is 19.7 Å². The number of rotatable bonds is 3. The quantitative estimate of drug-likeness (QED) is 0.850. The molecule has 6 nitrogen and oxygen atoms in total. The van der Waals surface area contributed by atoms with Gasteiger partial charge >= 0.3 is 18.4 Å². The summed E-state index contributed by atoms with van der Waals surface area (Å²) in [5.41, 5.74) is 5.16. The Labute approximate surface area is 108 Å². The molecule has 0 saturated heterocycles. The van der Waals surface area contributed by atoms with Crippen LogP contribution >= 0.6 is 0 Å². The van der Waals surface area contributed by atoms with Crippen molar-refractivity contribution in [3.05, 3.63) is 0 Å². The summed E-state index contributed by atoms with van der Waals surface area (Å²) in [5, 5.41) is 0. The molecule has 1 rings (SSSR count). The van der Waals surface area contributed by atoms with Gasteiger partial charge in [0.15, 0.2) is 0 Å². The van der Waals surface area contributed by atoms with Crippen molar-refractivity contribution in [3.63, 3.8) is 0 Å². The Morgan fingerprint density at radius 1 is 1.00 bits per heavy atom. The number of nitrogens with zero attached hydrogens (tertiary/aromatic N) is 4. The fraction of sp³-hybridized carbons (Fsp3) is 0.625. The molecular formula is C8H9F6N5O. The van der Waals surface area contributed by atoms with Gasteiger partial charge in [-0.05, 0) is 0 Å². The second-order valence-electron chi connectivity index (χ2n) is 3.75. The first-order valence-electron chi connectivity index (χ1n) is 4.90.